The standard InChI is InChI=1S/C19H21N3OS2/c20-11-15-14-3-1-2-4-17(14)25-19(15)21-18(23)6-9-22-8-5-16-13(12-22)7-10-24-16/h7,10H,1-6,8-9,12H2,(H,21,23). The fourth-order valence-electron chi connectivity index (χ4n) is 3.72. The van der Waals surface area contributed by atoms with Crippen molar-refractivity contribution in [2.24, 2.45) is 0 Å². The molecular weight excluding hydrogens is 350 g/mol. The third-order valence-electron chi connectivity index (χ3n) is 5.08. The van der Waals surface area contributed by atoms with Crippen LogP contribution in [0.15, 0.2) is 11.4 Å². The Balaban J connectivity index is 1.35. The fraction of sp³-hybridized carbons (Fsp3) is 0.474. The Labute approximate surface area is 156 Å². The van der Waals surface area contributed by atoms with Gasteiger partial charge in [-0.1, -0.05) is 0 Å². The highest BCUT2D eigenvalue weighted by molar-refractivity contribution is 7.16. The van der Waals surface area contributed by atoms with Gasteiger partial charge in [-0.3, -0.25) is 9.69 Å². The average Bonchev–Trinajstić information content (AvgIpc) is 3.23. The van der Waals surface area contributed by atoms with Crippen LogP contribution in [0.25, 0.3) is 0 Å². The molecule has 0 aromatic carbocycles. The first-order chi connectivity index (χ1) is 12.2. The van der Waals surface area contributed by atoms with E-state index in [1.807, 2.05) is 11.3 Å². The maximum atomic E-state index is 12.4. The van der Waals surface area contributed by atoms with Crippen LogP contribution >= 0.6 is 22.7 Å². The lowest BCUT2D eigenvalue weighted by atomic mass is 9.96. The van der Waals surface area contributed by atoms with Crippen molar-refractivity contribution in [1.82, 2.24) is 4.90 Å². The molecule has 2 aromatic rings. The molecule has 0 saturated carbocycles. The minimum Gasteiger partial charge on any atom is -0.317 e. The van der Waals surface area contributed by atoms with Gasteiger partial charge in [0.1, 0.15) is 11.1 Å². The number of fused-ring (bicyclic) bond motifs is 2. The fourth-order valence-corrected chi connectivity index (χ4v) is 5.86. The van der Waals surface area contributed by atoms with Gasteiger partial charge in [-0.2, -0.15) is 5.26 Å². The summed E-state index contributed by atoms with van der Waals surface area (Å²) in [5, 5.41) is 15.4. The Bertz CT molecular complexity index is 830. The number of thiophene rings is 2. The number of carbonyl (C=O) groups is 1. The lowest BCUT2D eigenvalue weighted by molar-refractivity contribution is -0.116. The number of nitrogens with zero attached hydrogens (tertiary/aromatic N) is 2. The summed E-state index contributed by atoms with van der Waals surface area (Å²) in [5.41, 5.74) is 3.29. The largest absolute Gasteiger partial charge is 0.317 e. The Morgan fingerprint density at radius 2 is 2.16 bits per heavy atom. The van der Waals surface area contributed by atoms with Gasteiger partial charge in [-0.25, -0.2) is 0 Å². The lowest BCUT2D eigenvalue weighted by Gasteiger charge is -2.26. The summed E-state index contributed by atoms with van der Waals surface area (Å²) in [5.74, 6) is 0.0196. The van der Waals surface area contributed by atoms with Gasteiger partial charge in [-0.05, 0) is 54.7 Å². The van der Waals surface area contributed by atoms with E-state index >= 15 is 0 Å². The lowest BCUT2D eigenvalue weighted by Crippen LogP contribution is -2.32. The quantitative estimate of drug-likeness (QED) is 0.885. The van der Waals surface area contributed by atoms with E-state index < -0.39 is 0 Å². The topological polar surface area (TPSA) is 56.1 Å². The molecule has 1 aliphatic heterocycles. The zero-order chi connectivity index (χ0) is 17.2. The molecule has 4 nitrogen and oxygen atoms in total. The highest BCUT2D eigenvalue weighted by atomic mass is 32.1. The predicted molar refractivity (Wildman–Crippen MR) is 102 cm³/mol. The maximum Gasteiger partial charge on any atom is 0.226 e. The first-order valence-corrected chi connectivity index (χ1v) is 10.6. The monoisotopic (exact) mass is 371 g/mol. The van der Waals surface area contributed by atoms with E-state index in [1.54, 1.807) is 11.3 Å². The first-order valence-electron chi connectivity index (χ1n) is 8.86. The van der Waals surface area contributed by atoms with Crippen LogP contribution in [0, 0.1) is 11.3 Å². The smallest absolute Gasteiger partial charge is 0.226 e. The molecule has 2 aliphatic rings. The van der Waals surface area contributed by atoms with Crippen molar-refractivity contribution < 1.29 is 4.79 Å². The maximum absolute atomic E-state index is 12.4. The van der Waals surface area contributed by atoms with Crippen LogP contribution < -0.4 is 5.32 Å². The molecule has 0 bridgehead atoms. The normalized spacial score (nSPS) is 16.8. The van der Waals surface area contributed by atoms with Gasteiger partial charge in [0, 0.05) is 35.8 Å². The third-order valence-corrected chi connectivity index (χ3v) is 7.31. The molecule has 0 radical (unpaired) electrons. The zero-order valence-electron chi connectivity index (χ0n) is 14.1. The predicted octanol–water partition coefficient (Wildman–Crippen LogP) is 3.95. The number of nitriles is 1. The number of anilines is 1. The molecule has 25 heavy (non-hydrogen) atoms. The number of aryl methyl sites for hydroxylation is 1. The van der Waals surface area contributed by atoms with E-state index in [0.717, 1.165) is 50.3 Å². The first kappa shape index (κ1) is 16.8. The summed E-state index contributed by atoms with van der Waals surface area (Å²) < 4.78 is 0. The van der Waals surface area contributed by atoms with Crippen molar-refractivity contribution in [3.8, 4) is 6.07 Å². The van der Waals surface area contributed by atoms with E-state index in [0.29, 0.717) is 12.0 Å². The molecule has 1 aliphatic carbocycles. The number of nitrogens with one attached hydrogen (secondary N) is 1. The van der Waals surface area contributed by atoms with Crippen LogP contribution in [0.2, 0.25) is 0 Å². The van der Waals surface area contributed by atoms with Gasteiger partial charge in [0.25, 0.3) is 0 Å². The number of amides is 1. The average molecular weight is 372 g/mol. The van der Waals surface area contributed by atoms with Crippen LogP contribution in [-0.2, 0) is 30.6 Å². The van der Waals surface area contributed by atoms with Crippen LogP contribution in [0.4, 0.5) is 5.00 Å². The van der Waals surface area contributed by atoms with E-state index in [9.17, 15) is 10.1 Å². The molecule has 0 fully saturated rings. The van der Waals surface area contributed by atoms with Crippen LogP contribution in [0.1, 0.15) is 45.7 Å². The number of carbonyl (C=O) groups excluding carboxylic acids is 1. The summed E-state index contributed by atoms with van der Waals surface area (Å²) in [4.78, 5) is 17.5. The summed E-state index contributed by atoms with van der Waals surface area (Å²) in [7, 11) is 0. The minimum absolute atomic E-state index is 0.0196. The van der Waals surface area contributed by atoms with Crippen LogP contribution in [0.5, 0.6) is 0 Å². The molecule has 0 saturated heterocycles. The summed E-state index contributed by atoms with van der Waals surface area (Å²) in [6, 6.07) is 4.51. The van der Waals surface area contributed by atoms with E-state index in [2.05, 4.69) is 27.7 Å². The van der Waals surface area contributed by atoms with E-state index in [1.165, 1.54) is 27.3 Å². The summed E-state index contributed by atoms with van der Waals surface area (Å²) in [6.07, 6.45) is 5.91. The van der Waals surface area contributed by atoms with Crippen LogP contribution in [0.3, 0.4) is 0 Å². The van der Waals surface area contributed by atoms with Gasteiger partial charge in [-0.15, -0.1) is 22.7 Å². The summed E-state index contributed by atoms with van der Waals surface area (Å²) >= 11 is 3.44. The van der Waals surface area contributed by atoms with Crippen molar-refractivity contribution in [1.29, 1.82) is 5.26 Å². The number of rotatable bonds is 4. The molecule has 4 rings (SSSR count). The molecule has 6 heteroatoms. The molecule has 130 valence electrons. The van der Waals surface area contributed by atoms with Crippen molar-refractivity contribution in [2.75, 3.05) is 18.4 Å². The van der Waals surface area contributed by atoms with Crippen LogP contribution in [-0.4, -0.2) is 23.9 Å². The molecule has 0 unspecified atom stereocenters. The Hall–Kier alpha value is -1.68. The second kappa shape index (κ2) is 7.28. The molecule has 1 N–H and O–H groups in total. The van der Waals surface area contributed by atoms with E-state index in [-0.39, 0.29) is 5.91 Å². The zero-order valence-corrected chi connectivity index (χ0v) is 15.8. The van der Waals surface area contributed by atoms with Gasteiger partial charge >= 0.3 is 0 Å². The second-order valence-corrected chi connectivity index (χ2v) is 8.83. The van der Waals surface area contributed by atoms with Gasteiger partial charge in [0.2, 0.25) is 5.91 Å². The van der Waals surface area contributed by atoms with Gasteiger partial charge < -0.3 is 5.32 Å². The number of hydrogen-bond donors (Lipinski definition) is 1. The van der Waals surface area contributed by atoms with Crippen molar-refractivity contribution in [3.63, 3.8) is 0 Å². The summed E-state index contributed by atoms with van der Waals surface area (Å²) in [6.45, 7) is 2.74. The van der Waals surface area contributed by atoms with Crippen molar-refractivity contribution in [3.05, 3.63) is 37.9 Å². The molecular formula is C19H21N3OS2. The van der Waals surface area contributed by atoms with Gasteiger partial charge in [0.05, 0.1) is 5.56 Å². The highest BCUT2D eigenvalue weighted by Crippen LogP contribution is 2.37. The molecule has 0 spiro atoms. The molecule has 2 aromatic heterocycles. The SMILES string of the molecule is N#Cc1c(NC(=O)CCN2CCc3sccc3C2)sc2c1CCCC2. The highest BCUT2D eigenvalue weighted by Gasteiger charge is 2.22. The molecule has 3 heterocycles. The second-order valence-electron chi connectivity index (χ2n) is 6.72. The third kappa shape index (κ3) is 3.50. The number of hydrogen-bond acceptors (Lipinski definition) is 5. The Morgan fingerprint density at radius 1 is 1.28 bits per heavy atom. The van der Waals surface area contributed by atoms with Gasteiger partial charge in [0.15, 0.2) is 0 Å². The van der Waals surface area contributed by atoms with Crippen molar-refractivity contribution >= 4 is 33.6 Å². The molecule has 1 amide bonds. The Morgan fingerprint density at radius 3 is 3.04 bits per heavy atom. The Kier molecular flexibility index (Phi) is 4.89. The van der Waals surface area contributed by atoms with Crippen molar-refractivity contribution in [2.45, 2.75) is 45.1 Å². The molecule has 0 atom stereocenters. The van der Waals surface area contributed by atoms with E-state index in [4.69, 9.17) is 0 Å². The minimum atomic E-state index is 0.0196.